The van der Waals surface area contributed by atoms with Gasteiger partial charge in [0.15, 0.2) is 0 Å². The number of halogens is 3. The zero-order chi connectivity index (χ0) is 27.7. The van der Waals surface area contributed by atoms with Crippen LogP contribution in [0.1, 0.15) is 66.8 Å². The molecular formula is C28H32F3N5O2S. The lowest BCUT2D eigenvalue weighted by Gasteiger charge is -2.31. The fourth-order valence-corrected chi connectivity index (χ4v) is 8.41. The number of anilines is 1. The number of alkyl halides is 3. The normalized spacial score (nSPS) is 24.7. The highest BCUT2D eigenvalue weighted by atomic mass is 32.2. The molecule has 2 atom stereocenters. The number of aryl methyl sites for hydroxylation is 2. The Kier molecular flexibility index (Phi) is 6.11. The van der Waals surface area contributed by atoms with E-state index in [1.165, 1.54) is 6.07 Å². The van der Waals surface area contributed by atoms with Gasteiger partial charge >= 0.3 is 6.18 Å². The Balaban J connectivity index is 1.40. The van der Waals surface area contributed by atoms with Gasteiger partial charge in [0.1, 0.15) is 12.2 Å². The highest BCUT2D eigenvalue weighted by molar-refractivity contribution is 7.93. The number of sulfonamides is 1. The number of piperidine rings is 1. The van der Waals surface area contributed by atoms with E-state index in [4.69, 9.17) is 0 Å². The molecule has 11 heteroatoms. The van der Waals surface area contributed by atoms with E-state index in [-0.39, 0.29) is 17.0 Å². The van der Waals surface area contributed by atoms with Crippen molar-refractivity contribution in [3.8, 4) is 0 Å². The Bertz CT molecular complexity index is 1550. The van der Waals surface area contributed by atoms with E-state index < -0.39 is 27.2 Å². The van der Waals surface area contributed by atoms with Gasteiger partial charge in [0.05, 0.1) is 28.1 Å². The maximum atomic E-state index is 14.3. The van der Waals surface area contributed by atoms with Gasteiger partial charge in [-0.25, -0.2) is 8.42 Å². The van der Waals surface area contributed by atoms with Crippen molar-refractivity contribution in [1.29, 1.82) is 0 Å². The Labute approximate surface area is 226 Å². The molecule has 3 aromatic rings. The average Bonchev–Trinajstić information content (AvgIpc) is 3.52. The SMILES string of the molecule is C[C@H]1CCCN(Cc2cc(C(F)(F)F)c3c(c2)S(=O)(=O)N(c2ccc4c(c2)C(C)(c2nncn2C)CC4)C3)C1. The third-order valence-electron chi connectivity index (χ3n) is 8.67. The van der Waals surface area contributed by atoms with Gasteiger partial charge in [0.25, 0.3) is 10.0 Å². The lowest BCUT2D eigenvalue weighted by Crippen LogP contribution is -2.33. The molecule has 6 rings (SSSR count). The number of fused-ring (bicyclic) bond motifs is 2. The minimum Gasteiger partial charge on any atom is -0.320 e. The van der Waals surface area contributed by atoms with Gasteiger partial charge in [-0.1, -0.05) is 13.0 Å². The fourth-order valence-electron chi connectivity index (χ4n) is 6.69. The third-order valence-corrected chi connectivity index (χ3v) is 10.5. The second-order valence-corrected chi connectivity index (χ2v) is 13.4. The van der Waals surface area contributed by atoms with Crippen LogP contribution in [0.2, 0.25) is 0 Å². The van der Waals surface area contributed by atoms with Crippen LogP contribution >= 0.6 is 0 Å². The molecule has 3 heterocycles. The summed E-state index contributed by atoms with van der Waals surface area (Å²) in [4.78, 5) is 1.87. The number of nitrogens with zero attached hydrogens (tertiary/aromatic N) is 5. The summed E-state index contributed by atoms with van der Waals surface area (Å²) in [6, 6.07) is 8.00. The molecule has 1 unspecified atom stereocenters. The molecule has 0 spiro atoms. The summed E-state index contributed by atoms with van der Waals surface area (Å²) in [5, 5.41) is 8.33. The van der Waals surface area contributed by atoms with Crippen LogP contribution in [-0.4, -0.2) is 41.2 Å². The number of benzene rings is 2. The minimum absolute atomic E-state index is 0.185. The van der Waals surface area contributed by atoms with E-state index in [0.29, 0.717) is 23.7 Å². The smallest absolute Gasteiger partial charge is 0.320 e. The number of rotatable bonds is 4. The molecule has 1 saturated heterocycles. The summed E-state index contributed by atoms with van der Waals surface area (Å²) in [5.74, 6) is 1.23. The number of aromatic nitrogens is 3. The van der Waals surface area contributed by atoms with Crippen molar-refractivity contribution in [2.45, 2.75) is 69.1 Å². The second-order valence-electron chi connectivity index (χ2n) is 11.6. The first-order valence-corrected chi connectivity index (χ1v) is 14.8. The highest BCUT2D eigenvalue weighted by Gasteiger charge is 2.45. The Morgan fingerprint density at radius 3 is 2.67 bits per heavy atom. The van der Waals surface area contributed by atoms with Crippen molar-refractivity contribution in [1.82, 2.24) is 19.7 Å². The third kappa shape index (κ3) is 4.34. The molecule has 0 N–H and O–H groups in total. The maximum Gasteiger partial charge on any atom is 0.416 e. The van der Waals surface area contributed by atoms with Gasteiger partial charge in [-0.2, -0.15) is 13.2 Å². The zero-order valence-corrected chi connectivity index (χ0v) is 23.1. The molecule has 7 nitrogen and oxygen atoms in total. The van der Waals surface area contributed by atoms with E-state index in [9.17, 15) is 21.6 Å². The predicted molar refractivity (Wildman–Crippen MR) is 141 cm³/mol. The minimum atomic E-state index is -4.66. The molecule has 3 aliphatic rings. The second kappa shape index (κ2) is 9.05. The van der Waals surface area contributed by atoms with Crippen LogP contribution in [0.3, 0.4) is 0 Å². The summed E-state index contributed by atoms with van der Waals surface area (Å²) in [5.41, 5.74) is 1.21. The molecule has 0 radical (unpaired) electrons. The summed E-state index contributed by atoms with van der Waals surface area (Å²) < 4.78 is 73.5. The first kappa shape index (κ1) is 26.3. The van der Waals surface area contributed by atoms with Crippen LogP contribution in [0.5, 0.6) is 0 Å². The Hall–Kier alpha value is -2.92. The highest BCUT2D eigenvalue weighted by Crippen LogP contribution is 2.47. The Morgan fingerprint density at radius 1 is 1.18 bits per heavy atom. The van der Waals surface area contributed by atoms with Crippen LogP contribution in [0.4, 0.5) is 18.9 Å². The van der Waals surface area contributed by atoms with Gasteiger partial charge < -0.3 is 4.57 Å². The first-order valence-electron chi connectivity index (χ1n) is 13.3. The van der Waals surface area contributed by atoms with E-state index in [0.717, 1.165) is 66.1 Å². The predicted octanol–water partition coefficient (Wildman–Crippen LogP) is 5.03. The maximum absolute atomic E-state index is 14.3. The quantitative estimate of drug-likeness (QED) is 0.449. The van der Waals surface area contributed by atoms with E-state index in [1.54, 1.807) is 12.4 Å². The topological polar surface area (TPSA) is 71.3 Å². The first-order chi connectivity index (χ1) is 18.4. The molecular weight excluding hydrogens is 527 g/mol. The standard InChI is InChI=1S/C28H32F3N5O2S/c1-18-5-4-10-35(14-18)15-19-11-24(28(29,30)31)22-16-36(39(37,38)25(22)12-19)21-7-6-20-8-9-27(2,23(20)13-21)26-33-32-17-34(26)3/h6-7,11-13,17-18H,4-5,8-10,14-16H2,1-3H3/t18-,27?/m0/s1. The molecule has 208 valence electrons. The molecule has 1 aromatic heterocycles. The van der Waals surface area contributed by atoms with Crippen molar-refractivity contribution in [2.75, 3.05) is 17.4 Å². The van der Waals surface area contributed by atoms with Crippen LogP contribution < -0.4 is 4.31 Å². The van der Waals surface area contributed by atoms with Crippen molar-refractivity contribution in [3.05, 3.63) is 70.3 Å². The zero-order valence-electron chi connectivity index (χ0n) is 22.3. The summed E-state index contributed by atoms with van der Waals surface area (Å²) >= 11 is 0. The summed E-state index contributed by atoms with van der Waals surface area (Å²) in [6.45, 7) is 5.70. The van der Waals surface area contributed by atoms with E-state index in [2.05, 4.69) is 28.9 Å². The fraction of sp³-hybridized carbons (Fsp3) is 0.500. The van der Waals surface area contributed by atoms with Crippen molar-refractivity contribution in [3.63, 3.8) is 0 Å². The van der Waals surface area contributed by atoms with Crippen LogP contribution in [-0.2, 0) is 48.2 Å². The summed E-state index contributed by atoms with van der Waals surface area (Å²) in [7, 11) is -2.33. The van der Waals surface area contributed by atoms with E-state index in [1.807, 2.05) is 23.7 Å². The Morgan fingerprint density at radius 2 is 1.97 bits per heavy atom. The van der Waals surface area contributed by atoms with Gasteiger partial charge in [-0.3, -0.25) is 9.21 Å². The summed E-state index contributed by atoms with van der Waals surface area (Å²) in [6.07, 6.45) is 0.613. The monoisotopic (exact) mass is 559 g/mol. The molecule has 1 aliphatic carbocycles. The van der Waals surface area contributed by atoms with Crippen LogP contribution in [0, 0.1) is 5.92 Å². The lowest BCUT2D eigenvalue weighted by atomic mass is 9.83. The molecule has 2 aliphatic heterocycles. The molecule has 39 heavy (non-hydrogen) atoms. The number of likely N-dealkylation sites (tertiary alicyclic amines) is 1. The van der Waals surface area contributed by atoms with Gasteiger partial charge in [-0.05, 0) is 86.0 Å². The lowest BCUT2D eigenvalue weighted by molar-refractivity contribution is -0.138. The molecule has 0 bridgehead atoms. The molecule has 2 aromatic carbocycles. The molecule has 0 saturated carbocycles. The van der Waals surface area contributed by atoms with Crippen LogP contribution in [0.25, 0.3) is 0 Å². The van der Waals surface area contributed by atoms with Gasteiger partial charge in [0, 0.05) is 25.7 Å². The van der Waals surface area contributed by atoms with Crippen molar-refractivity contribution < 1.29 is 21.6 Å². The molecule has 0 amide bonds. The number of hydrogen-bond donors (Lipinski definition) is 0. The number of hydrogen-bond acceptors (Lipinski definition) is 5. The average molecular weight is 560 g/mol. The van der Waals surface area contributed by atoms with Gasteiger partial charge in [0.2, 0.25) is 0 Å². The van der Waals surface area contributed by atoms with Crippen molar-refractivity contribution >= 4 is 15.7 Å². The molecule has 1 fully saturated rings. The van der Waals surface area contributed by atoms with Gasteiger partial charge in [-0.15, -0.1) is 10.2 Å². The largest absolute Gasteiger partial charge is 0.416 e. The van der Waals surface area contributed by atoms with E-state index >= 15 is 0 Å². The van der Waals surface area contributed by atoms with Crippen molar-refractivity contribution in [2.24, 2.45) is 13.0 Å². The van der Waals surface area contributed by atoms with Crippen LogP contribution in [0.15, 0.2) is 41.6 Å².